The summed E-state index contributed by atoms with van der Waals surface area (Å²) in [5.41, 5.74) is 4.28. The van der Waals surface area contributed by atoms with Crippen molar-refractivity contribution in [3.63, 3.8) is 0 Å². The number of para-hydroxylation sites is 2. The maximum Gasteiger partial charge on any atom is 0.329 e. The summed E-state index contributed by atoms with van der Waals surface area (Å²) in [6, 6.07) is 14.3. The number of aromatic nitrogens is 6. The summed E-state index contributed by atoms with van der Waals surface area (Å²) in [6.45, 7) is 3.20. The number of tetrazole rings is 1. The summed E-state index contributed by atoms with van der Waals surface area (Å²) in [6.07, 6.45) is 0.571. The molecule has 0 fully saturated rings. The first-order chi connectivity index (χ1) is 13.7. The molecule has 140 valence electrons. The van der Waals surface area contributed by atoms with E-state index in [2.05, 4.69) is 51.1 Å². The second-order valence-electron chi connectivity index (χ2n) is 6.82. The van der Waals surface area contributed by atoms with E-state index < -0.39 is 0 Å². The summed E-state index contributed by atoms with van der Waals surface area (Å²) >= 11 is 1.73. The quantitative estimate of drug-likeness (QED) is 0.500. The highest BCUT2D eigenvalue weighted by Gasteiger charge is 2.15. The second kappa shape index (κ2) is 6.72. The fourth-order valence-corrected chi connectivity index (χ4v) is 4.80. The molecule has 0 aliphatic carbocycles. The van der Waals surface area contributed by atoms with Crippen LogP contribution in [0.1, 0.15) is 17.0 Å². The van der Waals surface area contributed by atoms with E-state index in [1.807, 2.05) is 28.8 Å². The van der Waals surface area contributed by atoms with Crippen LogP contribution in [-0.4, -0.2) is 29.8 Å². The van der Waals surface area contributed by atoms with E-state index in [1.165, 1.54) is 21.2 Å². The van der Waals surface area contributed by atoms with Gasteiger partial charge in [-0.15, -0.1) is 16.4 Å². The standard InChI is InChI=1S/C20H18N6OS/c1-13-5-4-8-17-19(13)14(12-28-17)11-26-16-7-3-2-6-15(16)25(20(26)27)10-9-18-21-23-24-22-18/h2-8,12H,9-11H2,1H3,(H,21,22,23,24). The van der Waals surface area contributed by atoms with Gasteiger partial charge in [0.05, 0.1) is 17.6 Å². The van der Waals surface area contributed by atoms with E-state index in [0.29, 0.717) is 25.3 Å². The van der Waals surface area contributed by atoms with Gasteiger partial charge in [0.1, 0.15) is 5.82 Å². The number of aryl methyl sites for hydroxylation is 3. The van der Waals surface area contributed by atoms with Crippen molar-refractivity contribution in [3.8, 4) is 0 Å². The number of aromatic amines is 1. The molecule has 8 heteroatoms. The van der Waals surface area contributed by atoms with Gasteiger partial charge in [0.2, 0.25) is 0 Å². The molecule has 3 heterocycles. The summed E-state index contributed by atoms with van der Waals surface area (Å²) in [7, 11) is 0. The molecule has 0 spiro atoms. The first-order valence-corrected chi connectivity index (χ1v) is 9.96. The molecular weight excluding hydrogens is 372 g/mol. The van der Waals surface area contributed by atoms with Crippen LogP contribution in [0.5, 0.6) is 0 Å². The summed E-state index contributed by atoms with van der Waals surface area (Å²) in [4.78, 5) is 13.3. The lowest BCUT2D eigenvalue weighted by Crippen LogP contribution is -2.25. The number of fused-ring (bicyclic) bond motifs is 2. The molecule has 0 bridgehead atoms. The van der Waals surface area contributed by atoms with Crippen molar-refractivity contribution in [1.29, 1.82) is 0 Å². The van der Waals surface area contributed by atoms with Gasteiger partial charge in [-0.25, -0.2) is 9.89 Å². The van der Waals surface area contributed by atoms with Crippen molar-refractivity contribution in [2.24, 2.45) is 0 Å². The SMILES string of the molecule is Cc1cccc2scc(Cn3c(=O)n(CCc4nnn[nH]4)c4ccccc43)c12. The lowest BCUT2D eigenvalue weighted by atomic mass is 10.1. The van der Waals surface area contributed by atoms with Gasteiger partial charge in [0.25, 0.3) is 0 Å². The molecule has 0 aliphatic rings. The highest BCUT2D eigenvalue weighted by molar-refractivity contribution is 7.17. The highest BCUT2D eigenvalue weighted by atomic mass is 32.1. The zero-order valence-corrected chi connectivity index (χ0v) is 16.1. The van der Waals surface area contributed by atoms with Crippen LogP contribution in [-0.2, 0) is 19.5 Å². The Hall–Kier alpha value is -3.26. The van der Waals surface area contributed by atoms with Crippen LogP contribution in [0.15, 0.2) is 52.6 Å². The van der Waals surface area contributed by atoms with Crippen molar-refractivity contribution < 1.29 is 0 Å². The Kier molecular flexibility index (Phi) is 4.05. The van der Waals surface area contributed by atoms with Gasteiger partial charge < -0.3 is 0 Å². The van der Waals surface area contributed by atoms with E-state index in [4.69, 9.17) is 0 Å². The minimum absolute atomic E-state index is 0.0124. The maximum atomic E-state index is 13.3. The number of H-pyrrole nitrogens is 1. The Labute approximate surface area is 164 Å². The van der Waals surface area contributed by atoms with Gasteiger partial charge >= 0.3 is 5.69 Å². The lowest BCUT2D eigenvalue weighted by molar-refractivity contribution is 0.636. The molecule has 0 unspecified atom stereocenters. The fraction of sp³-hybridized carbons (Fsp3) is 0.200. The average Bonchev–Trinajstić information content (AvgIpc) is 3.42. The molecule has 0 radical (unpaired) electrons. The monoisotopic (exact) mass is 390 g/mol. The van der Waals surface area contributed by atoms with Crippen LogP contribution in [0.3, 0.4) is 0 Å². The molecule has 3 aromatic heterocycles. The molecule has 0 aliphatic heterocycles. The van der Waals surface area contributed by atoms with E-state index >= 15 is 0 Å². The van der Waals surface area contributed by atoms with Crippen molar-refractivity contribution in [2.75, 3.05) is 0 Å². The molecule has 5 rings (SSSR count). The first-order valence-electron chi connectivity index (χ1n) is 9.09. The van der Waals surface area contributed by atoms with Crippen molar-refractivity contribution in [1.82, 2.24) is 29.8 Å². The van der Waals surface area contributed by atoms with Gasteiger partial charge in [0.15, 0.2) is 0 Å². The molecule has 0 amide bonds. The molecule has 28 heavy (non-hydrogen) atoms. The highest BCUT2D eigenvalue weighted by Crippen LogP contribution is 2.29. The molecule has 7 nitrogen and oxygen atoms in total. The topological polar surface area (TPSA) is 81.4 Å². The Morgan fingerprint density at radius 2 is 1.89 bits per heavy atom. The van der Waals surface area contributed by atoms with Gasteiger partial charge in [-0.2, -0.15) is 0 Å². The van der Waals surface area contributed by atoms with Crippen LogP contribution in [0.25, 0.3) is 21.1 Å². The summed E-state index contributed by atoms with van der Waals surface area (Å²) < 4.78 is 4.92. The van der Waals surface area contributed by atoms with Crippen molar-refractivity contribution >= 4 is 32.5 Å². The van der Waals surface area contributed by atoms with Crippen LogP contribution in [0, 0.1) is 6.92 Å². The summed E-state index contributed by atoms with van der Waals surface area (Å²) in [5.74, 6) is 0.670. The predicted molar refractivity (Wildman–Crippen MR) is 110 cm³/mol. The Balaban J connectivity index is 1.59. The number of imidazole rings is 1. The smallest absolute Gasteiger partial charge is 0.291 e. The second-order valence-corrected chi connectivity index (χ2v) is 7.73. The van der Waals surface area contributed by atoms with Gasteiger partial charge in [-0.3, -0.25) is 9.13 Å². The van der Waals surface area contributed by atoms with E-state index in [-0.39, 0.29) is 5.69 Å². The van der Waals surface area contributed by atoms with Crippen LogP contribution in [0.4, 0.5) is 0 Å². The molecule has 0 atom stereocenters. The zero-order chi connectivity index (χ0) is 19.1. The third kappa shape index (κ3) is 2.73. The van der Waals surface area contributed by atoms with E-state index in [1.54, 1.807) is 15.9 Å². The predicted octanol–water partition coefficient (Wildman–Crippen LogP) is 3.13. The Morgan fingerprint density at radius 3 is 2.68 bits per heavy atom. The van der Waals surface area contributed by atoms with Gasteiger partial charge in [-0.05, 0) is 52.1 Å². The average molecular weight is 390 g/mol. The third-order valence-corrected chi connectivity index (χ3v) is 6.10. The first kappa shape index (κ1) is 16.9. The number of thiophene rings is 1. The number of nitrogens with zero attached hydrogens (tertiary/aromatic N) is 5. The molecule has 1 N–H and O–H groups in total. The Bertz CT molecular complexity index is 1330. The number of hydrogen-bond donors (Lipinski definition) is 1. The molecular formula is C20H18N6OS. The van der Waals surface area contributed by atoms with Crippen LogP contribution < -0.4 is 5.69 Å². The van der Waals surface area contributed by atoms with Gasteiger partial charge in [0, 0.05) is 23.1 Å². The number of nitrogens with one attached hydrogen (secondary N) is 1. The van der Waals surface area contributed by atoms with E-state index in [0.717, 1.165) is 11.0 Å². The van der Waals surface area contributed by atoms with Crippen LogP contribution in [0.2, 0.25) is 0 Å². The van der Waals surface area contributed by atoms with Crippen molar-refractivity contribution in [2.45, 2.75) is 26.4 Å². The Morgan fingerprint density at radius 1 is 1.07 bits per heavy atom. The maximum absolute atomic E-state index is 13.3. The van der Waals surface area contributed by atoms with Gasteiger partial charge in [-0.1, -0.05) is 24.3 Å². The largest absolute Gasteiger partial charge is 0.329 e. The third-order valence-electron chi connectivity index (χ3n) is 5.10. The number of hydrogen-bond acceptors (Lipinski definition) is 5. The van der Waals surface area contributed by atoms with Crippen molar-refractivity contribution in [3.05, 3.63) is 75.3 Å². The van der Waals surface area contributed by atoms with E-state index in [9.17, 15) is 4.79 Å². The molecule has 0 saturated carbocycles. The molecule has 5 aromatic rings. The summed E-state index contributed by atoms with van der Waals surface area (Å²) in [5, 5.41) is 17.3. The normalized spacial score (nSPS) is 11.6. The number of rotatable bonds is 5. The lowest BCUT2D eigenvalue weighted by Gasteiger charge is -2.04. The fourth-order valence-electron chi connectivity index (χ4n) is 3.77. The van der Waals surface area contributed by atoms with Crippen LogP contribution >= 0.6 is 11.3 Å². The minimum atomic E-state index is -0.0124. The molecule has 0 saturated heterocycles. The number of benzene rings is 2. The molecule has 2 aromatic carbocycles. The minimum Gasteiger partial charge on any atom is -0.291 e. The zero-order valence-electron chi connectivity index (χ0n) is 15.3.